The van der Waals surface area contributed by atoms with Gasteiger partial charge in [0.1, 0.15) is 5.41 Å². The smallest absolute Gasteiger partial charge is 0.339 e. The second kappa shape index (κ2) is 8.01. The molecule has 0 aliphatic carbocycles. The molecule has 0 saturated carbocycles. The Morgan fingerprint density at radius 1 is 0.962 bits per heavy atom. The molecule has 6 nitrogen and oxygen atoms in total. The number of carbonyl (C=O) groups is 3. The van der Waals surface area contributed by atoms with Gasteiger partial charge in [-0.3, -0.25) is 9.59 Å². The molecular formula is C19H19ClN2O4. The summed E-state index contributed by atoms with van der Waals surface area (Å²) in [5, 5.41) is 5.75. The van der Waals surface area contributed by atoms with Crippen molar-refractivity contribution in [2.75, 3.05) is 17.7 Å². The first-order valence-corrected chi connectivity index (χ1v) is 8.19. The molecule has 0 fully saturated rings. The van der Waals surface area contributed by atoms with E-state index in [1.165, 1.54) is 27.0 Å². The molecule has 2 rings (SSSR count). The number of rotatable bonds is 5. The van der Waals surface area contributed by atoms with E-state index in [1.807, 2.05) is 0 Å². The third-order valence-electron chi connectivity index (χ3n) is 3.80. The van der Waals surface area contributed by atoms with E-state index in [0.29, 0.717) is 10.7 Å². The molecule has 0 saturated heterocycles. The number of ether oxygens (including phenoxy) is 1. The Balaban J connectivity index is 2.17. The molecule has 0 aliphatic heterocycles. The molecule has 26 heavy (non-hydrogen) atoms. The lowest BCUT2D eigenvalue weighted by Gasteiger charge is -2.23. The van der Waals surface area contributed by atoms with Gasteiger partial charge in [0, 0.05) is 10.7 Å². The zero-order valence-electron chi connectivity index (χ0n) is 14.6. The third-order valence-corrected chi connectivity index (χ3v) is 4.03. The first-order chi connectivity index (χ1) is 12.3. The molecule has 2 aromatic carbocycles. The van der Waals surface area contributed by atoms with Gasteiger partial charge in [-0.2, -0.15) is 0 Å². The van der Waals surface area contributed by atoms with Crippen molar-refractivity contribution < 1.29 is 19.1 Å². The topological polar surface area (TPSA) is 84.5 Å². The largest absolute Gasteiger partial charge is 0.465 e. The number of para-hydroxylation sites is 1. The Morgan fingerprint density at radius 3 is 2.27 bits per heavy atom. The lowest BCUT2D eigenvalue weighted by atomic mass is 9.90. The first-order valence-electron chi connectivity index (χ1n) is 7.81. The van der Waals surface area contributed by atoms with Crippen LogP contribution in [-0.2, 0) is 14.3 Å². The van der Waals surface area contributed by atoms with Gasteiger partial charge < -0.3 is 15.4 Å². The molecule has 0 heterocycles. The lowest BCUT2D eigenvalue weighted by molar-refractivity contribution is -0.135. The molecule has 0 radical (unpaired) electrons. The number of carbonyl (C=O) groups excluding carboxylic acids is 3. The van der Waals surface area contributed by atoms with Gasteiger partial charge in [-0.15, -0.1) is 0 Å². The van der Waals surface area contributed by atoms with Gasteiger partial charge >= 0.3 is 5.97 Å². The number of halogens is 1. The highest BCUT2D eigenvalue weighted by atomic mass is 35.5. The van der Waals surface area contributed by atoms with E-state index >= 15 is 0 Å². The normalized spacial score (nSPS) is 10.8. The highest BCUT2D eigenvalue weighted by Crippen LogP contribution is 2.24. The average molecular weight is 375 g/mol. The van der Waals surface area contributed by atoms with Crippen LogP contribution in [0.1, 0.15) is 24.2 Å². The number of amides is 2. The first kappa shape index (κ1) is 19.5. The zero-order chi connectivity index (χ0) is 19.3. The molecular weight excluding hydrogens is 356 g/mol. The van der Waals surface area contributed by atoms with E-state index < -0.39 is 23.2 Å². The highest BCUT2D eigenvalue weighted by Gasteiger charge is 2.36. The third kappa shape index (κ3) is 4.40. The van der Waals surface area contributed by atoms with Crippen LogP contribution in [0.25, 0.3) is 0 Å². The van der Waals surface area contributed by atoms with Gasteiger partial charge in [0.2, 0.25) is 11.8 Å². The Hall–Kier alpha value is -2.86. The van der Waals surface area contributed by atoms with Crippen molar-refractivity contribution in [3.05, 3.63) is 59.1 Å². The summed E-state index contributed by atoms with van der Waals surface area (Å²) in [5.41, 5.74) is -0.438. The molecule has 0 unspecified atom stereocenters. The minimum atomic E-state index is -1.40. The molecule has 136 valence electrons. The Bertz CT molecular complexity index is 849. The molecule has 2 aromatic rings. The van der Waals surface area contributed by atoms with Crippen LogP contribution in [0.5, 0.6) is 0 Å². The average Bonchev–Trinajstić information content (AvgIpc) is 2.61. The number of methoxy groups -OCH3 is 1. The number of anilines is 2. The summed E-state index contributed by atoms with van der Waals surface area (Å²) < 4.78 is 4.70. The summed E-state index contributed by atoms with van der Waals surface area (Å²) >= 11 is 5.90. The maximum absolute atomic E-state index is 12.6. The molecule has 0 atom stereocenters. The second-order valence-corrected chi connectivity index (χ2v) is 6.52. The Labute approximate surface area is 156 Å². The minimum absolute atomic E-state index is 0.203. The number of nitrogens with one attached hydrogen (secondary N) is 2. The van der Waals surface area contributed by atoms with E-state index in [0.717, 1.165) is 0 Å². The molecule has 7 heteroatoms. The number of hydrogen-bond acceptors (Lipinski definition) is 4. The highest BCUT2D eigenvalue weighted by molar-refractivity contribution is 6.31. The fourth-order valence-electron chi connectivity index (χ4n) is 2.12. The van der Waals surface area contributed by atoms with Crippen molar-refractivity contribution in [3.63, 3.8) is 0 Å². The van der Waals surface area contributed by atoms with Crippen LogP contribution >= 0.6 is 11.6 Å². The predicted molar refractivity (Wildman–Crippen MR) is 100 cm³/mol. The standard InChI is InChI=1S/C19H19ClN2O4/c1-19(2,17(24)21-13-8-6-7-12(20)11-13)18(25)22-15-10-5-4-9-14(15)16(23)26-3/h4-11H,1-3H3,(H,21,24)(H,22,25). The molecule has 0 spiro atoms. The fourth-order valence-corrected chi connectivity index (χ4v) is 2.31. The fraction of sp³-hybridized carbons (Fsp3) is 0.211. The van der Waals surface area contributed by atoms with Crippen molar-refractivity contribution in [2.45, 2.75) is 13.8 Å². The minimum Gasteiger partial charge on any atom is -0.465 e. The molecule has 0 aromatic heterocycles. The van der Waals surface area contributed by atoms with Crippen molar-refractivity contribution in [3.8, 4) is 0 Å². The molecule has 2 N–H and O–H groups in total. The summed E-state index contributed by atoms with van der Waals surface area (Å²) in [5.74, 6) is -1.65. The van der Waals surface area contributed by atoms with Gasteiger partial charge in [-0.1, -0.05) is 29.8 Å². The zero-order valence-corrected chi connectivity index (χ0v) is 15.4. The Morgan fingerprint density at radius 2 is 1.62 bits per heavy atom. The van der Waals surface area contributed by atoms with E-state index in [9.17, 15) is 14.4 Å². The summed E-state index contributed by atoms with van der Waals surface area (Å²) in [6, 6.07) is 13.0. The molecule has 0 bridgehead atoms. The number of benzene rings is 2. The summed E-state index contributed by atoms with van der Waals surface area (Å²) in [4.78, 5) is 37.0. The van der Waals surface area contributed by atoms with Crippen LogP contribution in [-0.4, -0.2) is 24.9 Å². The van der Waals surface area contributed by atoms with Crippen LogP contribution in [0.2, 0.25) is 5.02 Å². The maximum Gasteiger partial charge on any atom is 0.339 e. The summed E-state index contributed by atoms with van der Waals surface area (Å²) in [6.45, 7) is 2.98. The molecule has 2 amide bonds. The van der Waals surface area contributed by atoms with Crippen molar-refractivity contribution in [1.29, 1.82) is 0 Å². The van der Waals surface area contributed by atoms with Crippen molar-refractivity contribution in [2.24, 2.45) is 5.41 Å². The van der Waals surface area contributed by atoms with E-state index in [-0.39, 0.29) is 11.3 Å². The number of esters is 1. The van der Waals surface area contributed by atoms with Crippen LogP contribution in [0.4, 0.5) is 11.4 Å². The van der Waals surface area contributed by atoms with Gasteiger partial charge in [0.05, 0.1) is 18.4 Å². The SMILES string of the molecule is COC(=O)c1ccccc1NC(=O)C(C)(C)C(=O)Nc1cccc(Cl)c1. The van der Waals surface area contributed by atoms with E-state index in [1.54, 1.807) is 42.5 Å². The van der Waals surface area contributed by atoms with Crippen LogP contribution in [0.15, 0.2) is 48.5 Å². The predicted octanol–water partition coefficient (Wildman–Crippen LogP) is 3.73. The summed E-state index contributed by atoms with van der Waals surface area (Å²) in [7, 11) is 1.25. The number of hydrogen-bond donors (Lipinski definition) is 2. The lowest BCUT2D eigenvalue weighted by Crippen LogP contribution is -2.41. The van der Waals surface area contributed by atoms with E-state index in [2.05, 4.69) is 10.6 Å². The summed E-state index contributed by atoms with van der Waals surface area (Å²) in [6.07, 6.45) is 0. The van der Waals surface area contributed by atoms with Gasteiger partial charge in [0.25, 0.3) is 0 Å². The quantitative estimate of drug-likeness (QED) is 0.617. The van der Waals surface area contributed by atoms with Gasteiger partial charge in [-0.25, -0.2) is 4.79 Å². The second-order valence-electron chi connectivity index (χ2n) is 6.08. The van der Waals surface area contributed by atoms with Gasteiger partial charge in [0.15, 0.2) is 0 Å². The van der Waals surface area contributed by atoms with E-state index in [4.69, 9.17) is 16.3 Å². The van der Waals surface area contributed by atoms with Crippen molar-refractivity contribution >= 4 is 40.8 Å². The molecule has 0 aliphatic rings. The van der Waals surface area contributed by atoms with Crippen LogP contribution in [0, 0.1) is 5.41 Å². The van der Waals surface area contributed by atoms with Gasteiger partial charge in [-0.05, 0) is 44.2 Å². The van der Waals surface area contributed by atoms with Crippen LogP contribution < -0.4 is 10.6 Å². The van der Waals surface area contributed by atoms with Crippen LogP contribution in [0.3, 0.4) is 0 Å². The Kier molecular flexibility index (Phi) is 6.00. The maximum atomic E-state index is 12.6. The van der Waals surface area contributed by atoms with Crippen molar-refractivity contribution in [1.82, 2.24) is 0 Å². The monoisotopic (exact) mass is 374 g/mol.